The van der Waals surface area contributed by atoms with Crippen molar-refractivity contribution in [3.05, 3.63) is 54.9 Å². The lowest BCUT2D eigenvalue weighted by atomic mass is 9.87. The van der Waals surface area contributed by atoms with E-state index in [9.17, 15) is 10.1 Å². The molecule has 0 unspecified atom stereocenters. The lowest BCUT2D eigenvalue weighted by Crippen LogP contribution is -2.32. The van der Waals surface area contributed by atoms with E-state index in [4.69, 9.17) is 0 Å². The molecule has 1 N–H and O–H groups in total. The average Bonchev–Trinajstić information content (AvgIpc) is 3.30. The van der Waals surface area contributed by atoms with Crippen molar-refractivity contribution in [1.29, 1.82) is 5.26 Å². The minimum absolute atomic E-state index is 0.187. The Hall–Kier alpha value is -3.13. The van der Waals surface area contributed by atoms with Crippen LogP contribution in [0.2, 0.25) is 0 Å². The predicted octanol–water partition coefficient (Wildman–Crippen LogP) is 4.05. The molecule has 1 amide bonds. The molecule has 1 aliphatic rings. The number of rotatable bonds is 3. The molecule has 124 valence electrons. The molecular weight excluding hydrogens is 312 g/mol. The van der Waals surface area contributed by atoms with Gasteiger partial charge in [-0.15, -0.1) is 0 Å². The summed E-state index contributed by atoms with van der Waals surface area (Å²) in [6.45, 7) is 0. The van der Waals surface area contributed by atoms with Crippen LogP contribution in [0.4, 0.5) is 5.69 Å². The third kappa shape index (κ3) is 2.66. The summed E-state index contributed by atoms with van der Waals surface area (Å²) in [4.78, 5) is 16.9. The molecule has 0 spiro atoms. The highest BCUT2D eigenvalue weighted by Gasteiger charge is 2.41. The first-order valence-electron chi connectivity index (χ1n) is 8.47. The maximum absolute atomic E-state index is 12.5. The maximum atomic E-state index is 12.5. The van der Waals surface area contributed by atoms with E-state index in [1.165, 1.54) is 0 Å². The van der Waals surface area contributed by atoms with Crippen molar-refractivity contribution in [2.75, 3.05) is 5.32 Å². The first kappa shape index (κ1) is 15.4. The number of carbonyl (C=O) groups excluding carboxylic acids is 1. The van der Waals surface area contributed by atoms with Gasteiger partial charge in [0.25, 0.3) is 0 Å². The summed E-state index contributed by atoms with van der Waals surface area (Å²) in [6.07, 6.45) is 4.96. The molecule has 1 aliphatic carbocycles. The first-order chi connectivity index (χ1) is 12.2. The Morgan fingerprint density at radius 3 is 2.56 bits per heavy atom. The molecule has 0 radical (unpaired) electrons. The van der Waals surface area contributed by atoms with Gasteiger partial charge in [0.1, 0.15) is 11.7 Å². The molecule has 1 heterocycles. The SMILES string of the molecule is N#CC1(C(=O)Nc2ccc(-n3cnc4ccccc43)cc2)CCCC1. The summed E-state index contributed by atoms with van der Waals surface area (Å²) in [7, 11) is 0. The van der Waals surface area contributed by atoms with E-state index >= 15 is 0 Å². The lowest BCUT2D eigenvalue weighted by molar-refractivity contribution is -0.122. The number of benzene rings is 2. The number of aromatic nitrogens is 2. The summed E-state index contributed by atoms with van der Waals surface area (Å²) in [5, 5.41) is 12.3. The van der Waals surface area contributed by atoms with Gasteiger partial charge in [0.2, 0.25) is 5.91 Å². The molecule has 0 saturated heterocycles. The van der Waals surface area contributed by atoms with E-state index in [1.54, 1.807) is 6.33 Å². The topological polar surface area (TPSA) is 70.7 Å². The highest BCUT2D eigenvalue weighted by molar-refractivity contribution is 5.97. The Balaban J connectivity index is 1.56. The Morgan fingerprint density at radius 1 is 1.12 bits per heavy atom. The Morgan fingerprint density at radius 2 is 1.84 bits per heavy atom. The fraction of sp³-hybridized carbons (Fsp3) is 0.250. The van der Waals surface area contributed by atoms with Crippen molar-refractivity contribution in [1.82, 2.24) is 9.55 Å². The fourth-order valence-corrected chi connectivity index (χ4v) is 3.49. The van der Waals surface area contributed by atoms with Gasteiger partial charge in [0.15, 0.2) is 0 Å². The molecule has 0 atom stereocenters. The standard InChI is InChI=1S/C20H18N4O/c21-13-20(11-3-4-12-20)19(25)23-15-7-9-16(10-8-15)24-14-22-17-5-1-2-6-18(17)24/h1-2,5-10,14H,3-4,11-12H2,(H,23,25). The normalized spacial score (nSPS) is 15.8. The van der Waals surface area contributed by atoms with Crippen LogP contribution in [-0.2, 0) is 4.79 Å². The quantitative estimate of drug-likeness (QED) is 0.787. The molecule has 1 aromatic heterocycles. The average molecular weight is 330 g/mol. The lowest BCUT2D eigenvalue weighted by Gasteiger charge is -2.19. The largest absolute Gasteiger partial charge is 0.325 e. The zero-order chi connectivity index (χ0) is 17.3. The molecule has 2 aromatic carbocycles. The number of para-hydroxylation sites is 2. The highest BCUT2D eigenvalue weighted by atomic mass is 16.2. The van der Waals surface area contributed by atoms with Gasteiger partial charge in [-0.05, 0) is 49.2 Å². The minimum atomic E-state index is -0.862. The van der Waals surface area contributed by atoms with Gasteiger partial charge in [-0.2, -0.15) is 5.26 Å². The number of hydrogen-bond acceptors (Lipinski definition) is 3. The van der Waals surface area contributed by atoms with Gasteiger partial charge in [0, 0.05) is 11.4 Å². The summed E-state index contributed by atoms with van der Waals surface area (Å²) in [5.41, 5.74) is 2.80. The zero-order valence-corrected chi connectivity index (χ0v) is 13.8. The van der Waals surface area contributed by atoms with Crippen molar-refractivity contribution in [2.24, 2.45) is 5.41 Å². The summed E-state index contributed by atoms with van der Waals surface area (Å²) < 4.78 is 2.01. The third-order valence-electron chi connectivity index (χ3n) is 4.96. The molecule has 5 nitrogen and oxygen atoms in total. The van der Waals surface area contributed by atoms with Crippen LogP contribution >= 0.6 is 0 Å². The number of nitriles is 1. The van der Waals surface area contributed by atoms with Crippen LogP contribution < -0.4 is 5.32 Å². The number of nitrogens with zero attached hydrogens (tertiary/aromatic N) is 3. The van der Waals surface area contributed by atoms with Crippen molar-refractivity contribution >= 4 is 22.6 Å². The van der Waals surface area contributed by atoms with Gasteiger partial charge in [-0.1, -0.05) is 25.0 Å². The number of fused-ring (bicyclic) bond motifs is 1. The molecule has 0 bridgehead atoms. The second-order valence-electron chi connectivity index (χ2n) is 6.51. The molecule has 1 saturated carbocycles. The Labute approximate surface area is 145 Å². The van der Waals surface area contributed by atoms with Crippen LogP contribution in [0.25, 0.3) is 16.7 Å². The maximum Gasteiger partial charge on any atom is 0.244 e. The second kappa shape index (κ2) is 6.06. The van der Waals surface area contributed by atoms with Crippen molar-refractivity contribution in [3.8, 4) is 11.8 Å². The Bertz CT molecular complexity index is 959. The van der Waals surface area contributed by atoms with Crippen LogP contribution in [-0.4, -0.2) is 15.5 Å². The molecule has 3 aromatic rings. The zero-order valence-electron chi connectivity index (χ0n) is 13.8. The van der Waals surface area contributed by atoms with Gasteiger partial charge in [0.05, 0.1) is 17.1 Å². The van der Waals surface area contributed by atoms with Crippen molar-refractivity contribution in [2.45, 2.75) is 25.7 Å². The van der Waals surface area contributed by atoms with Crippen LogP contribution in [0.5, 0.6) is 0 Å². The van der Waals surface area contributed by atoms with Crippen LogP contribution in [0.3, 0.4) is 0 Å². The Kier molecular flexibility index (Phi) is 3.73. The van der Waals surface area contributed by atoms with Gasteiger partial charge in [-0.3, -0.25) is 9.36 Å². The molecule has 4 rings (SSSR count). The van der Waals surface area contributed by atoms with E-state index in [-0.39, 0.29) is 5.91 Å². The van der Waals surface area contributed by atoms with Gasteiger partial charge in [-0.25, -0.2) is 4.98 Å². The van der Waals surface area contributed by atoms with Crippen molar-refractivity contribution < 1.29 is 4.79 Å². The summed E-state index contributed by atoms with van der Waals surface area (Å²) >= 11 is 0. The van der Waals surface area contributed by atoms with Gasteiger partial charge < -0.3 is 5.32 Å². The van der Waals surface area contributed by atoms with E-state index in [2.05, 4.69) is 16.4 Å². The van der Waals surface area contributed by atoms with E-state index in [1.807, 2.05) is 53.1 Å². The summed E-state index contributed by atoms with van der Waals surface area (Å²) in [5.74, 6) is -0.187. The first-order valence-corrected chi connectivity index (χ1v) is 8.47. The molecular formula is C20H18N4O. The van der Waals surface area contributed by atoms with Crippen LogP contribution in [0.15, 0.2) is 54.9 Å². The molecule has 25 heavy (non-hydrogen) atoms. The monoisotopic (exact) mass is 330 g/mol. The molecule has 0 aliphatic heterocycles. The number of imidazole rings is 1. The minimum Gasteiger partial charge on any atom is -0.325 e. The highest BCUT2D eigenvalue weighted by Crippen LogP contribution is 2.38. The predicted molar refractivity (Wildman–Crippen MR) is 96.2 cm³/mol. The summed E-state index contributed by atoms with van der Waals surface area (Å²) in [6, 6.07) is 17.8. The number of carbonyl (C=O) groups is 1. The van der Waals surface area contributed by atoms with Gasteiger partial charge >= 0.3 is 0 Å². The van der Waals surface area contributed by atoms with Crippen LogP contribution in [0, 0.1) is 16.7 Å². The second-order valence-corrected chi connectivity index (χ2v) is 6.51. The fourth-order valence-electron chi connectivity index (χ4n) is 3.49. The third-order valence-corrected chi connectivity index (χ3v) is 4.96. The van der Waals surface area contributed by atoms with E-state index < -0.39 is 5.41 Å². The van der Waals surface area contributed by atoms with Crippen LogP contribution in [0.1, 0.15) is 25.7 Å². The van der Waals surface area contributed by atoms with E-state index in [0.717, 1.165) is 29.6 Å². The number of nitrogens with one attached hydrogen (secondary N) is 1. The van der Waals surface area contributed by atoms with E-state index in [0.29, 0.717) is 18.5 Å². The molecule has 5 heteroatoms. The number of anilines is 1. The smallest absolute Gasteiger partial charge is 0.244 e. The number of amides is 1. The number of hydrogen-bond donors (Lipinski definition) is 1. The molecule has 1 fully saturated rings. The van der Waals surface area contributed by atoms with Crippen molar-refractivity contribution in [3.63, 3.8) is 0 Å².